The van der Waals surface area contributed by atoms with Crippen molar-refractivity contribution in [1.29, 1.82) is 0 Å². The molecule has 2 heterocycles. The van der Waals surface area contributed by atoms with Gasteiger partial charge in [0, 0.05) is 29.7 Å². The van der Waals surface area contributed by atoms with E-state index >= 15 is 0 Å². The third-order valence-electron chi connectivity index (χ3n) is 3.84. The van der Waals surface area contributed by atoms with E-state index in [-0.39, 0.29) is 0 Å². The smallest absolute Gasteiger partial charge is 0.0458 e. The van der Waals surface area contributed by atoms with Crippen LogP contribution in [0.1, 0.15) is 24.8 Å². The number of thioether (sulfide) groups is 1. The fourth-order valence-corrected chi connectivity index (χ4v) is 3.48. The molecule has 1 aromatic carbocycles. The Morgan fingerprint density at radius 2 is 2.11 bits per heavy atom. The molecule has 2 aliphatic heterocycles. The SMILES string of the molecule is C1=CSCCC([C@H]2CCC(Cc3ccccc3)N2)=N1. The Labute approximate surface area is 119 Å². The molecule has 1 aromatic rings. The van der Waals surface area contributed by atoms with Gasteiger partial charge in [-0.1, -0.05) is 30.3 Å². The summed E-state index contributed by atoms with van der Waals surface area (Å²) in [4.78, 5) is 4.60. The molecule has 3 heteroatoms. The van der Waals surface area contributed by atoms with Crippen molar-refractivity contribution < 1.29 is 0 Å². The first-order valence-electron chi connectivity index (χ1n) is 7.05. The Morgan fingerprint density at radius 1 is 1.21 bits per heavy atom. The molecule has 0 saturated carbocycles. The molecule has 0 radical (unpaired) electrons. The van der Waals surface area contributed by atoms with Crippen LogP contribution in [0.15, 0.2) is 46.9 Å². The van der Waals surface area contributed by atoms with Gasteiger partial charge < -0.3 is 5.32 Å². The van der Waals surface area contributed by atoms with E-state index in [0.717, 1.165) is 18.6 Å². The number of nitrogens with zero attached hydrogens (tertiary/aromatic N) is 1. The van der Waals surface area contributed by atoms with Crippen LogP contribution in [0.5, 0.6) is 0 Å². The predicted molar refractivity (Wildman–Crippen MR) is 83.7 cm³/mol. The summed E-state index contributed by atoms with van der Waals surface area (Å²) >= 11 is 1.86. The van der Waals surface area contributed by atoms with Gasteiger partial charge >= 0.3 is 0 Å². The fraction of sp³-hybridized carbons (Fsp3) is 0.438. The first-order valence-corrected chi connectivity index (χ1v) is 8.10. The molecular formula is C16H20N2S. The van der Waals surface area contributed by atoms with Crippen LogP contribution in [-0.2, 0) is 6.42 Å². The van der Waals surface area contributed by atoms with Crippen molar-refractivity contribution in [2.45, 2.75) is 37.8 Å². The molecule has 0 aliphatic carbocycles. The highest BCUT2D eigenvalue weighted by atomic mass is 32.2. The van der Waals surface area contributed by atoms with Gasteiger partial charge in [-0.25, -0.2) is 0 Å². The number of hydrogen-bond donors (Lipinski definition) is 1. The summed E-state index contributed by atoms with van der Waals surface area (Å²) in [5.74, 6) is 1.16. The lowest BCUT2D eigenvalue weighted by Gasteiger charge is -2.16. The summed E-state index contributed by atoms with van der Waals surface area (Å²) in [6.07, 6.45) is 6.70. The van der Waals surface area contributed by atoms with Gasteiger partial charge in [0.1, 0.15) is 0 Å². The van der Waals surface area contributed by atoms with Gasteiger partial charge in [-0.15, -0.1) is 11.8 Å². The number of benzene rings is 1. The summed E-state index contributed by atoms with van der Waals surface area (Å²) in [5, 5.41) is 5.86. The average molecular weight is 272 g/mol. The lowest BCUT2D eigenvalue weighted by atomic mass is 10.0. The van der Waals surface area contributed by atoms with Crippen LogP contribution in [0, 0.1) is 0 Å². The zero-order valence-corrected chi connectivity index (χ0v) is 11.9. The topological polar surface area (TPSA) is 24.4 Å². The van der Waals surface area contributed by atoms with Crippen LogP contribution in [0.25, 0.3) is 0 Å². The number of nitrogens with one attached hydrogen (secondary N) is 1. The van der Waals surface area contributed by atoms with Crippen molar-refractivity contribution in [2.75, 3.05) is 5.75 Å². The van der Waals surface area contributed by atoms with Crippen LogP contribution in [0.4, 0.5) is 0 Å². The highest BCUT2D eigenvalue weighted by Crippen LogP contribution is 2.21. The molecule has 2 nitrogen and oxygen atoms in total. The molecule has 1 fully saturated rings. The Morgan fingerprint density at radius 3 is 3.00 bits per heavy atom. The highest BCUT2D eigenvalue weighted by molar-refractivity contribution is 8.02. The van der Waals surface area contributed by atoms with Crippen molar-refractivity contribution in [3.63, 3.8) is 0 Å². The minimum absolute atomic E-state index is 0.497. The van der Waals surface area contributed by atoms with Crippen LogP contribution in [0.3, 0.4) is 0 Å². The Balaban J connectivity index is 1.58. The van der Waals surface area contributed by atoms with Gasteiger partial charge in [0.15, 0.2) is 0 Å². The predicted octanol–water partition coefficient (Wildman–Crippen LogP) is 3.40. The highest BCUT2D eigenvalue weighted by Gasteiger charge is 2.27. The van der Waals surface area contributed by atoms with Gasteiger partial charge in [-0.3, -0.25) is 4.99 Å². The summed E-state index contributed by atoms with van der Waals surface area (Å²) in [6, 6.07) is 11.9. The monoisotopic (exact) mass is 272 g/mol. The van der Waals surface area contributed by atoms with E-state index in [4.69, 9.17) is 0 Å². The second-order valence-corrected chi connectivity index (χ2v) is 6.22. The van der Waals surface area contributed by atoms with E-state index in [9.17, 15) is 0 Å². The van der Waals surface area contributed by atoms with Crippen LogP contribution < -0.4 is 5.32 Å². The molecule has 2 atom stereocenters. The maximum Gasteiger partial charge on any atom is 0.0458 e. The quantitative estimate of drug-likeness (QED) is 0.912. The van der Waals surface area contributed by atoms with Crippen LogP contribution in [-0.4, -0.2) is 23.5 Å². The van der Waals surface area contributed by atoms with Gasteiger partial charge in [0.2, 0.25) is 0 Å². The van der Waals surface area contributed by atoms with E-state index in [1.54, 1.807) is 0 Å². The van der Waals surface area contributed by atoms with Crippen molar-refractivity contribution in [2.24, 2.45) is 4.99 Å². The fourth-order valence-electron chi connectivity index (χ4n) is 2.87. The summed E-state index contributed by atoms with van der Waals surface area (Å²) in [5.41, 5.74) is 2.77. The molecule has 1 saturated heterocycles. The Kier molecular flexibility index (Phi) is 4.36. The van der Waals surface area contributed by atoms with Gasteiger partial charge in [-0.2, -0.15) is 0 Å². The number of aliphatic imine (C=N–C) groups is 1. The van der Waals surface area contributed by atoms with Crippen molar-refractivity contribution in [3.8, 4) is 0 Å². The number of rotatable bonds is 3. The normalized spacial score (nSPS) is 27.1. The molecule has 2 aliphatic rings. The summed E-state index contributed by atoms with van der Waals surface area (Å²) in [7, 11) is 0. The zero-order chi connectivity index (χ0) is 12.9. The van der Waals surface area contributed by atoms with E-state index in [1.807, 2.05) is 18.0 Å². The van der Waals surface area contributed by atoms with Crippen LogP contribution in [0.2, 0.25) is 0 Å². The molecule has 1 N–H and O–H groups in total. The molecule has 0 amide bonds. The summed E-state index contributed by atoms with van der Waals surface area (Å²) < 4.78 is 0. The van der Waals surface area contributed by atoms with Gasteiger partial charge in [0.05, 0.1) is 0 Å². The molecule has 0 bridgehead atoms. The van der Waals surface area contributed by atoms with Crippen molar-refractivity contribution in [3.05, 3.63) is 47.5 Å². The maximum absolute atomic E-state index is 4.60. The Bertz CT molecular complexity index is 467. The first-order chi connectivity index (χ1) is 9.42. The van der Waals surface area contributed by atoms with Crippen LogP contribution >= 0.6 is 11.8 Å². The third kappa shape index (κ3) is 3.48. The van der Waals surface area contributed by atoms with Gasteiger partial charge in [0.25, 0.3) is 0 Å². The number of hydrogen-bond acceptors (Lipinski definition) is 3. The van der Waals surface area contributed by atoms with Crippen molar-refractivity contribution >= 4 is 17.5 Å². The largest absolute Gasteiger partial charge is 0.306 e. The average Bonchev–Trinajstić information content (AvgIpc) is 2.74. The van der Waals surface area contributed by atoms with E-state index in [0.29, 0.717) is 12.1 Å². The molecule has 0 spiro atoms. The van der Waals surface area contributed by atoms with Gasteiger partial charge in [-0.05, 0) is 36.7 Å². The summed E-state index contributed by atoms with van der Waals surface area (Å²) in [6.45, 7) is 0. The second-order valence-electron chi connectivity index (χ2n) is 5.21. The minimum Gasteiger partial charge on any atom is -0.306 e. The van der Waals surface area contributed by atoms with E-state index < -0.39 is 0 Å². The lowest BCUT2D eigenvalue weighted by Crippen LogP contribution is -2.36. The molecule has 3 rings (SSSR count). The van der Waals surface area contributed by atoms with Crippen molar-refractivity contribution in [1.82, 2.24) is 5.32 Å². The molecule has 0 aromatic heterocycles. The third-order valence-corrected chi connectivity index (χ3v) is 4.60. The zero-order valence-electron chi connectivity index (χ0n) is 11.1. The van der Waals surface area contributed by atoms with E-state index in [1.165, 1.54) is 24.1 Å². The standard InChI is InChI=1S/C16H20N2S/c1-2-4-13(5-3-1)12-14-6-7-16(18-14)15-8-10-19-11-9-17-15/h1-5,9,11,14,16,18H,6-8,10,12H2/t14?,16-/m1/s1. The molecule has 1 unspecified atom stereocenters. The molecule has 19 heavy (non-hydrogen) atoms. The Hall–Kier alpha value is -1.06. The van der Waals surface area contributed by atoms with E-state index in [2.05, 4.69) is 46.0 Å². The lowest BCUT2D eigenvalue weighted by molar-refractivity contribution is 0.585. The second kappa shape index (κ2) is 6.40. The molecule has 100 valence electrons. The minimum atomic E-state index is 0.497. The molecular weight excluding hydrogens is 252 g/mol. The maximum atomic E-state index is 4.60. The first kappa shape index (κ1) is 12.9.